The maximum atomic E-state index is 12.5. The van der Waals surface area contributed by atoms with Crippen LogP contribution in [0, 0.1) is 0 Å². The highest BCUT2D eigenvalue weighted by Crippen LogP contribution is 2.30. The number of Topliss-reactive ketones (excluding diaryl/α,β-unsaturated/α-hetero) is 1. The molecule has 1 atom stereocenters. The zero-order valence-electron chi connectivity index (χ0n) is 14.1. The number of rotatable bonds is 12. The minimum atomic E-state index is -1.33. The van der Waals surface area contributed by atoms with Crippen LogP contribution < -0.4 is 0 Å². The van der Waals surface area contributed by atoms with Crippen molar-refractivity contribution in [1.82, 2.24) is 0 Å². The van der Waals surface area contributed by atoms with Gasteiger partial charge < -0.3 is 0 Å². The first-order chi connectivity index (χ1) is 8.93. The Kier molecular flexibility index (Phi) is 10.6. The summed E-state index contributed by atoms with van der Waals surface area (Å²) in [6.45, 7) is 11.6. The summed E-state index contributed by atoms with van der Waals surface area (Å²) in [7, 11) is -1.33. The molecule has 0 fully saturated rings. The van der Waals surface area contributed by atoms with Gasteiger partial charge in [-0.15, -0.1) is 0 Å². The zero-order chi connectivity index (χ0) is 14.7. The molecule has 114 valence electrons. The fourth-order valence-electron chi connectivity index (χ4n) is 2.75. The lowest BCUT2D eigenvalue weighted by Crippen LogP contribution is -2.33. The van der Waals surface area contributed by atoms with Gasteiger partial charge in [-0.05, 0) is 12.8 Å². The van der Waals surface area contributed by atoms with Gasteiger partial charge in [-0.25, -0.2) is 0 Å². The summed E-state index contributed by atoms with van der Waals surface area (Å²) in [4.78, 5) is 12.5. The highest BCUT2D eigenvalue weighted by molar-refractivity contribution is 6.80. The van der Waals surface area contributed by atoms with E-state index in [1.165, 1.54) is 44.9 Å². The minimum absolute atomic E-state index is 0.408. The van der Waals surface area contributed by atoms with Crippen molar-refractivity contribution in [1.29, 1.82) is 0 Å². The van der Waals surface area contributed by atoms with Gasteiger partial charge in [0.1, 0.15) is 5.78 Å². The number of carbonyl (C=O) groups is 1. The molecule has 0 aliphatic heterocycles. The van der Waals surface area contributed by atoms with Crippen molar-refractivity contribution in [2.75, 3.05) is 0 Å². The Morgan fingerprint density at radius 1 is 0.842 bits per heavy atom. The van der Waals surface area contributed by atoms with Crippen LogP contribution in [0.5, 0.6) is 0 Å². The Morgan fingerprint density at radius 3 is 1.84 bits per heavy atom. The van der Waals surface area contributed by atoms with Crippen LogP contribution in [0.4, 0.5) is 0 Å². The monoisotopic (exact) mass is 284 g/mol. The van der Waals surface area contributed by atoms with E-state index in [1.54, 1.807) is 0 Å². The standard InChI is InChI=1S/C17H36OSi/c1-6-8-10-12-14-16(18)17(19(3,4)5)15-13-11-9-7-2/h17H,6-15H2,1-5H3. The van der Waals surface area contributed by atoms with Crippen LogP contribution in [-0.4, -0.2) is 13.9 Å². The molecular formula is C17H36OSi. The fraction of sp³-hybridized carbons (Fsp3) is 0.941. The molecule has 2 heteroatoms. The van der Waals surface area contributed by atoms with Gasteiger partial charge >= 0.3 is 0 Å². The Bertz CT molecular complexity index is 230. The van der Waals surface area contributed by atoms with Crippen LogP contribution in [0.3, 0.4) is 0 Å². The molecule has 0 bridgehead atoms. The van der Waals surface area contributed by atoms with Gasteiger partial charge in [-0.1, -0.05) is 78.4 Å². The SMILES string of the molecule is CCCCCCC(=O)C(CCCCCC)[Si](C)(C)C. The Balaban J connectivity index is 4.14. The van der Waals surface area contributed by atoms with Crippen LogP contribution >= 0.6 is 0 Å². The second-order valence-electron chi connectivity index (χ2n) is 7.04. The van der Waals surface area contributed by atoms with Gasteiger partial charge in [-0.2, -0.15) is 0 Å². The van der Waals surface area contributed by atoms with Crippen molar-refractivity contribution in [3.05, 3.63) is 0 Å². The molecule has 0 spiro atoms. The predicted octanol–water partition coefficient (Wildman–Crippen LogP) is 6.20. The first-order valence-corrected chi connectivity index (χ1v) is 12.0. The number of hydrogen-bond acceptors (Lipinski definition) is 1. The summed E-state index contributed by atoms with van der Waals surface area (Å²) < 4.78 is 0. The Labute approximate surface area is 122 Å². The van der Waals surface area contributed by atoms with E-state index in [-0.39, 0.29) is 0 Å². The highest BCUT2D eigenvalue weighted by atomic mass is 28.3. The second-order valence-corrected chi connectivity index (χ2v) is 12.5. The molecule has 1 unspecified atom stereocenters. The molecule has 0 aromatic rings. The number of ketones is 1. The normalized spacial score (nSPS) is 13.5. The smallest absolute Gasteiger partial charge is 0.133 e. The van der Waals surface area contributed by atoms with Gasteiger partial charge in [0.2, 0.25) is 0 Å². The van der Waals surface area contributed by atoms with Crippen molar-refractivity contribution in [3.63, 3.8) is 0 Å². The quantitative estimate of drug-likeness (QED) is 0.308. The molecule has 0 aromatic carbocycles. The van der Waals surface area contributed by atoms with Gasteiger partial charge in [0.05, 0.1) is 8.07 Å². The molecule has 0 aliphatic rings. The average Bonchev–Trinajstić information content (AvgIpc) is 2.33. The Morgan fingerprint density at radius 2 is 1.37 bits per heavy atom. The van der Waals surface area contributed by atoms with Crippen LogP contribution in [-0.2, 0) is 4.79 Å². The third-order valence-electron chi connectivity index (χ3n) is 4.06. The van der Waals surface area contributed by atoms with Crippen molar-refractivity contribution >= 4 is 13.9 Å². The largest absolute Gasteiger partial charge is 0.300 e. The van der Waals surface area contributed by atoms with E-state index in [2.05, 4.69) is 33.5 Å². The average molecular weight is 285 g/mol. The van der Waals surface area contributed by atoms with Gasteiger partial charge in [0, 0.05) is 12.0 Å². The number of hydrogen-bond donors (Lipinski definition) is 0. The summed E-state index contributed by atoms with van der Waals surface area (Å²) in [5.74, 6) is 0.576. The lowest BCUT2D eigenvalue weighted by molar-refractivity contribution is -0.119. The second kappa shape index (κ2) is 10.6. The predicted molar refractivity (Wildman–Crippen MR) is 89.6 cm³/mol. The number of unbranched alkanes of at least 4 members (excludes halogenated alkanes) is 6. The third-order valence-corrected chi connectivity index (χ3v) is 6.76. The molecule has 1 nitrogen and oxygen atoms in total. The van der Waals surface area contributed by atoms with Crippen molar-refractivity contribution in [2.45, 2.75) is 103 Å². The molecule has 0 N–H and O–H groups in total. The number of carbonyl (C=O) groups excluding carboxylic acids is 1. The van der Waals surface area contributed by atoms with E-state index in [0.717, 1.165) is 19.3 Å². The lowest BCUT2D eigenvalue weighted by atomic mass is 10.0. The summed E-state index contributed by atoms with van der Waals surface area (Å²) in [6.07, 6.45) is 12.0. The molecule has 19 heavy (non-hydrogen) atoms. The molecule has 0 heterocycles. The highest BCUT2D eigenvalue weighted by Gasteiger charge is 2.31. The van der Waals surface area contributed by atoms with E-state index >= 15 is 0 Å². The van der Waals surface area contributed by atoms with Gasteiger partial charge in [-0.3, -0.25) is 4.79 Å². The Hall–Kier alpha value is -0.113. The van der Waals surface area contributed by atoms with Crippen molar-refractivity contribution in [2.24, 2.45) is 0 Å². The molecule has 0 radical (unpaired) electrons. The summed E-state index contributed by atoms with van der Waals surface area (Å²) in [5.41, 5.74) is 0.408. The topological polar surface area (TPSA) is 17.1 Å². The fourth-order valence-corrected chi connectivity index (χ4v) is 4.93. The first-order valence-electron chi connectivity index (χ1n) is 8.46. The van der Waals surface area contributed by atoms with E-state index in [9.17, 15) is 4.79 Å². The van der Waals surface area contributed by atoms with Gasteiger partial charge in [0.25, 0.3) is 0 Å². The van der Waals surface area contributed by atoms with Crippen molar-refractivity contribution in [3.8, 4) is 0 Å². The minimum Gasteiger partial charge on any atom is -0.300 e. The summed E-state index contributed by atoms with van der Waals surface area (Å²) in [5, 5.41) is 0. The summed E-state index contributed by atoms with van der Waals surface area (Å²) >= 11 is 0. The van der Waals surface area contributed by atoms with Crippen LogP contribution in [0.15, 0.2) is 0 Å². The van der Waals surface area contributed by atoms with Crippen LogP contribution in [0.2, 0.25) is 25.2 Å². The molecule has 0 aromatic heterocycles. The maximum Gasteiger partial charge on any atom is 0.133 e. The molecule has 0 saturated heterocycles. The van der Waals surface area contributed by atoms with E-state index in [4.69, 9.17) is 0 Å². The zero-order valence-corrected chi connectivity index (χ0v) is 15.1. The van der Waals surface area contributed by atoms with Crippen LogP contribution in [0.1, 0.15) is 78.1 Å². The molecular weight excluding hydrogens is 248 g/mol. The molecule has 0 saturated carbocycles. The van der Waals surface area contributed by atoms with E-state index in [1.807, 2.05) is 0 Å². The maximum absolute atomic E-state index is 12.5. The van der Waals surface area contributed by atoms with E-state index in [0.29, 0.717) is 11.3 Å². The summed E-state index contributed by atoms with van der Waals surface area (Å²) in [6, 6.07) is 0. The van der Waals surface area contributed by atoms with Gasteiger partial charge in [0.15, 0.2) is 0 Å². The third kappa shape index (κ3) is 9.42. The van der Waals surface area contributed by atoms with Crippen LogP contribution in [0.25, 0.3) is 0 Å². The molecule has 0 aliphatic carbocycles. The molecule has 0 rings (SSSR count). The lowest BCUT2D eigenvalue weighted by Gasteiger charge is -2.28. The first kappa shape index (κ1) is 18.9. The van der Waals surface area contributed by atoms with E-state index < -0.39 is 8.07 Å². The molecule has 0 amide bonds. The van der Waals surface area contributed by atoms with Crippen molar-refractivity contribution < 1.29 is 4.79 Å².